The lowest BCUT2D eigenvalue weighted by Crippen LogP contribution is -2.56. The summed E-state index contributed by atoms with van der Waals surface area (Å²) in [6, 6.07) is 5.08. The number of nitrogens with two attached hydrogens (primary N) is 1. The molecule has 9 heteroatoms. The van der Waals surface area contributed by atoms with E-state index in [0.29, 0.717) is 43.1 Å². The molecule has 2 aliphatic heterocycles. The van der Waals surface area contributed by atoms with E-state index >= 15 is 0 Å². The number of nitrogens with one attached hydrogen (secondary N) is 1. The van der Waals surface area contributed by atoms with Gasteiger partial charge in [0.15, 0.2) is 5.96 Å². The second-order valence-corrected chi connectivity index (χ2v) is 11.4. The van der Waals surface area contributed by atoms with Crippen LogP contribution in [0.4, 0.5) is 0 Å². The van der Waals surface area contributed by atoms with Crippen LogP contribution in [0.1, 0.15) is 77.8 Å². The van der Waals surface area contributed by atoms with Gasteiger partial charge in [-0.25, -0.2) is 4.99 Å². The zero-order valence-electron chi connectivity index (χ0n) is 22.0. The number of rotatable bonds is 9. The van der Waals surface area contributed by atoms with Gasteiger partial charge in [-0.1, -0.05) is 31.5 Å². The van der Waals surface area contributed by atoms with Crippen LogP contribution in [0.25, 0.3) is 0 Å². The van der Waals surface area contributed by atoms with E-state index in [0.717, 1.165) is 18.4 Å². The van der Waals surface area contributed by atoms with Gasteiger partial charge >= 0.3 is 0 Å². The van der Waals surface area contributed by atoms with Crippen LogP contribution >= 0.6 is 11.6 Å². The number of aliphatic imine (C=N–C) groups is 1. The number of hydrogen-bond donors (Lipinski definition) is 2. The average molecular weight is 519 g/mol. The highest BCUT2D eigenvalue weighted by Gasteiger charge is 2.53. The Morgan fingerprint density at radius 1 is 1.36 bits per heavy atom. The summed E-state index contributed by atoms with van der Waals surface area (Å²) < 4.78 is 11.4. The van der Waals surface area contributed by atoms with Crippen molar-refractivity contribution in [3.63, 3.8) is 0 Å². The number of carbonyl (C=O) groups is 2. The highest BCUT2D eigenvalue weighted by molar-refractivity contribution is 6.31. The third-order valence-corrected chi connectivity index (χ3v) is 8.37. The Morgan fingerprint density at radius 2 is 2.08 bits per heavy atom. The van der Waals surface area contributed by atoms with Crippen molar-refractivity contribution in [2.75, 3.05) is 13.7 Å². The van der Waals surface area contributed by atoms with Gasteiger partial charge in [-0.2, -0.15) is 0 Å². The molecule has 2 amide bonds. The second-order valence-electron chi connectivity index (χ2n) is 11.0. The Balaban J connectivity index is 1.52. The fraction of sp³-hybridized carbons (Fsp3) is 0.667. The average Bonchev–Trinajstić information content (AvgIpc) is 3.60. The topological polar surface area (TPSA) is 106 Å². The van der Waals surface area contributed by atoms with Crippen molar-refractivity contribution in [2.24, 2.45) is 22.6 Å². The first kappa shape index (κ1) is 26.7. The Labute approximate surface area is 218 Å². The number of nitrogens with zero attached hydrogens (tertiary/aromatic N) is 2. The smallest absolute Gasteiger partial charge is 0.231 e. The highest BCUT2D eigenvalue weighted by Crippen LogP contribution is 2.48. The molecule has 3 aliphatic rings. The third-order valence-electron chi connectivity index (χ3n) is 8.04. The van der Waals surface area contributed by atoms with Crippen LogP contribution in [-0.4, -0.2) is 53.6 Å². The molecule has 36 heavy (non-hydrogen) atoms. The molecule has 1 saturated carbocycles. The van der Waals surface area contributed by atoms with E-state index < -0.39 is 11.1 Å². The van der Waals surface area contributed by atoms with Gasteiger partial charge in [-0.05, 0) is 57.6 Å². The number of methoxy groups -OCH3 is 1. The molecular weight excluding hydrogens is 480 g/mol. The van der Waals surface area contributed by atoms with Crippen LogP contribution < -0.4 is 15.8 Å². The molecule has 4 atom stereocenters. The van der Waals surface area contributed by atoms with Crippen LogP contribution in [0, 0.1) is 11.8 Å². The monoisotopic (exact) mass is 518 g/mol. The molecule has 1 aromatic rings. The maximum atomic E-state index is 13.4. The van der Waals surface area contributed by atoms with Crippen molar-refractivity contribution < 1.29 is 19.1 Å². The van der Waals surface area contributed by atoms with Gasteiger partial charge in [0.05, 0.1) is 18.0 Å². The number of guanidine groups is 1. The minimum absolute atomic E-state index is 0.00725. The minimum atomic E-state index is -0.438. The molecule has 0 saturated heterocycles. The quantitative estimate of drug-likeness (QED) is 0.509. The number of carbonyl (C=O) groups excluding carboxylic acids is 2. The van der Waals surface area contributed by atoms with Gasteiger partial charge in [0.1, 0.15) is 11.4 Å². The van der Waals surface area contributed by atoms with Crippen molar-refractivity contribution in [3.8, 4) is 5.75 Å². The van der Waals surface area contributed by atoms with Gasteiger partial charge in [0, 0.05) is 42.7 Å². The van der Waals surface area contributed by atoms with E-state index in [-0.39, 0.29) is 41.7 Å². The first-order chi connectivity index (χ1) is 17.0. The molecule has 0 bridgehead atoms. The number of halogens is 1. The number of hydrogen-bond acceptors (Lipinski definition) is 6. The lowest BCUT2D eigenvalue weighted by molar-refractivity contribution is -0.133. The number of fused-ring (bicyclic) bond motifs is 1. The largest absolute Gasteiger partial charge is 0.487 e. The van der Waals surface area contributed by atoms with E-state index in [1.165, 1.54) is 0 Å². The minimum Gasteiger partial charge on any atom is -0.487 e. The zero-order chi connectivity index (χ0) is 26.3. The lowest BCUT2D eigenvalue weighted by atomic mass is 9.87. The first-order valence-electron chi connectivity index (χ1n) is 13.0. The Morgan fingerprint density at radius 3 is 2.72 bits per heavy atom. The first-order valence-corrected chi connectivity index (χ1v) is 13.4. The molecule has 2 heterocycles. The number of ether oxygens (including phenoxy) is 2. The van der Waals surface area contributed by atoms with Crippen molar-refractivity contribution in [3.05, 3.63) is 28.8 Å². The van der Waals surface area contributed by atoms with Gasteiger partial charge in [-0.15, -0.1) is 0 Å². The number of benzene rings is 1. The van der Waals surface area contributed by atoms with Gasteiger partial charge in [0.25, 0.3) is 0 Å². The molecule has 0 aromatic heterocycles. The summed E-state index contributed by atoms with van der Waals surface area (Å²) in [5.41, 5.74) is 6.33. The molecule has 3 N–H and O–H groups in total. The van der Waals surface area contributed by atoms with E-state index in [1.807, 2.05) is 45.9 Å². The van der Waals surface area contributed by atoms with Crippen molar-refractivity contribution in [2.45, 2.75) is 89.4 Å². The van der Waals surface area contributed by atoms with E-state index in [4.69, 9.17) is 31.8 Å². The SMILES string of the molecule is CCC1(CC)CC(=O)N(C(CCOC)C2CC2C(=O)NC2CC(C)(C)Oc3cccc(Cl)c32)C(N)=N1. The lowest BCUT2D eigenvalue weighted by Gasteiger charge is -2.40. The van der Waals surface area contributed by atoms with Crippen LogP contribution in [0.15, 0.2) is 23.2 Å². The molecular formula is C27H39ClN4O4. The molecule has 8 nitrogen and oxygen atoms in total. The summed E-state index contributed by atoms with van der Waals surface area (Å²) in [4.78, 5) is 33.1. The van der Waals surface area contributed by atoms with Crippen LogP contribution in [-0.2, 0) is 14.3 Å². The molecule has 1 aromatic carbocycles. The molecule has 198 valence electrons. The highest BCUT2D eigenvalue weighted by atomic mass is 35.5. The summed E-state index contributed by atoms with van der Waals surface area (Å²) >= 11 is 6.51. The second kappa shape index (κ2) is 10.2. The summed E-state index contributed by atoms with van der Waals surface area (Å²) in [6.07, 6.45) is 3.74. The van der Waals surface area contributed by atoms with Gasteiger partial charge < -0.3 is 20.5 Å². The molecule has 4 unspecified atom stereocenters. The summed E-state index contributed by atoms with van der Waals surface area (Å²) in [7, 11) is 1.64. The van der Waals surface area contributed by atoms with Crippen molar-refractivity contribution in [1.82, 2.24) is 10.2 Å². The van der Waals surface area contributed by atoms with Crippen molar-refractivity contribution >= 4 is 29.4 Å². The maximum Gasteiger partial charge on any atom is 0.231 e. The fourth-order valence-electron chi connectivity index (χ4n) is 5.84. The normalized spacial score (nSPS) is 26.9. The summed E-state index contributed by atoms with van der Waals surface area (Å²) in [5.74, 6) is 0.680. The van der Waals surface area contributed by atoms with Crippen LogP contribution in [0.2, 0.25) is 5.02 Å². The van der Waals surface area contributed by atoms with Gasteiger partial charge in [0.2, 0.25) is 11.8 Å². The molecule has 0 radical (unpaired) electrons. The van der Waals surface area contributed by atoms with Gasteiger partial charge in [-0.3, -0.25) is 14.5 Å². The van der Waals surface area contributed by atoms with Crippen LogP contribution in [0.3, 0.4) is 0 Å². The zero-order valence-corrected chi connectivity index (χ0v) is 22.7. The standard InChI is InChI=1S/C27H39ClN4O4/c1-6-27(7-2)15-22(33)32(25(29)31-27)20(11-12-35-5)16-13-17(16)24(34)30-19-14-26(3,4)36-21-10-8-9-18(28)23(19)21/h8-10,16-17,19-20H,6-7,11-15H2,1-5H3,(H2,29,31)(H,30,34). The Hall–Kier alpha value is -2.32. The van der Waals surface area contributed by atoms with E-state index in [9.17, 15) is 9.59 Å². The molecule has 1 aliphatic carbocycles. The molecule has 1 fully saturated rings. The molecule has 4 rings (SSSR count). The fourth-order valence-corrected chi connectivity index (χ4v) is 6.14. The Kier molecular flexibility index (Phi) is 7.58. The summed E-state index contributed by atoms with van der Waals surface area (Å²) in [5, 5.41) is 3.81. The molecule has 0 spiro atoms. The predicted molar refractivity (Wildman–Crippen MR) is 140 cm³/mol. The maximum absolute atomic E-state index is 13.4. The van der Waals surface area contributed by atoms with E-state index in [1.54, 1.807) is 12.0 Å². The third kappa shape index (κ3) is 5.21. The predicted octanol–water partition coefficient (Wildman–Crippen LogP) is 4.21. The Bertz CT molecular complexity index is 1040. The van der Waals surface area contributed by atoms with Crippen molar-refractivity contribution in [1.29, 1.82) is 0 Å². The van der Waals surface area contributed by atoms with Crippen LogP contribution in [0.5, 0.6) is 5.75 Å². The van der Waals surface area contributed by atoms with E-state index in [2.05, 4.69) is 5.32 Å². The number of amides is 2. The summed E-state index contributed by atoms with van der Waals surface area (Å²) in [6.45, 7) is 8.56.